The van der Waals surface area contributed by atoms with E-state index in [0.717, 1.165) is 11.8 Å². The summed E-state index contributed by atoms with van der Waals surface area (Å²) in [6.07, 6.45) is 13.2. The second-order valence-electron chi connectivity index (χ2n) is 5.04. The molecule has 1 rings (SSSR count). The van der Waals surface area contributed by atoms with Gasteiger partial charge in [-0.3, -0.25) is 0 Å². The molecule has 84 valence electrons. The monoisotopic (exact) mass is 204 g/mol. The van der Waals surface area contributed by atoms with Gasteiger partial charge in [-0.1, -0.05) is 42.4 Å². The van der Waals surface area contributed by atoms with Gasteiger partial charge < -0.3 is 0 Å². The average molecular weight is 204 g/mol. The lowest BCUT2D eigenvalue weighted by atomic mass is 9.84. The highest BCUT2D eigenvalue weighted by Gasteiger charge is 2.14. The molecule has 0 amide bonds. The third kappa shape index (κ3) is 4.51. The van der Waals surface area contributed by atoms with E-state index in [4.69, 9.17) is 0 Å². The number of hydrogen-bond donors (Lipinski definition) is 0. The second kappa shape index (κ2) is 5.95. The molecule has 0 N–H and O–H groups in total. The molecule has 0 heteroatoms. The van der Waals surface area contributed by atoms with Gasteiger partial charge in [0.1, 0.15) is 0 Å². The summed E-state index contributed by atoms with van der Waals surface area (Å²) in [5.74, 6) is 1.57. The Labute approximate surface area is 94.8 Å². The molecule has 0 fully saturated rings. The summed E-state index contributed by atoms with van der Waals surface area (Å²) in [5.41, 5.74) is 2.86. The fourth-order valence-corrected chi connectivity index (χ4v) is 2.01. The van der Waals surface area contributed by atoms with E-state index in [-0.39, 0.29) is 0 Å². The molecule has 0 bridgehead atoms. The lowest BCUT2D eigenvalue weighted by molar-refractivity contribution is 0.403. The van der Waals surface area contributed by atoms with Crippen LogP contribution in [0.3, 0.4) is 0 Å². The zero-order valence-electron chi connectivity index (χ0n) is 10.6. The first-order valence-electron chi connectivity index (χ1n) is 6.08. The van der Waals surface area contributed by atoms with Gasteiger partial charge in [-0.2, -0.15) is 0 Å². The molecule has 0 spiro atoms. The molecule has 1 unspecified atom stereocenters. The molecule has 0 nitrogen and oxygen atoms in total. The third-order valence-electron chi connectivity index (χ3n) is 3.22. The lowest BCUT2D eigenvalue weighted by Gasteiger charge is -2.21. The van der Waals surface area contributed by atoms with E-state index in [2.05, 4.69) is 52.0 Å². The maximum Gasteiger partial charge on any atom is -0.0170 e. The van der Waals surface area contributed by atoms with Gasteiger partial charge in [0.15, 0.2) is 0 Å². The van der Waals surface area contributed by atoms with Crippen LogP contribution in [-0.2, 0) is 0 Å². The van der Waals surface area contributed by atoms with Crippen LogP contribution in [0.5, 0.6) is 0 Å². The molecule has 0 aliphatic heterocycles. The SMILES string of the molecule is CC(C)=CCC[C@@H](C)C1C=CC(C)=CC1. The molecular weight excluding hydrogens is 180 g/mol. The maximum absolute atomic E-state index is 2.39. The topological polar surface area (TPSA) is 0 Å². The van der Waals surface area contributed by atoms with Crippen LogP contribution >= 0.6 is 0 Å². The first kappa shape index (κ1) is 12.3. The zero-order valence-corrected chi connectivity index (χ0v) is 10.6. The molecule has 0 aromatic carbocycles. The highest BCUT2D eigenvalue weighted by atomic mass is 14.2. The predicted molar refractivity (Wildman–Crippen MR) is 68.8 cm³/mol. The Kier molecular flexibility index (Phi) is 4.87. The molecular formula is C15H24. The minimum Gasteiger partial charge on any atom is -0.0859 e. The Morgan fingerprint density at radius 3 is 2.80 bits per heavy atom. The summed E-state index contributed by atoms with van der Waals surface area (Å²) in [4.78, 5) is 0. The number of allylic oxidation sites excluding steroid dienone is 6. The van der Waals surface area contributed by atoms with Crippen LogP contribution in [0.4, 0.5) is 0 Å². The standard InChI is InChI=1S/C15H24/c1-12(2)6-5-7-14(4)15-10-8-13(3)9-11-15/h6,8-10,14-15H,5,7,11H2,1-4H3/t14-,15?/m1/s1. The van der Waals surface area contributed by atoms with Crippen LogP contribution in [0, 0.1) is 11.8 Å². The van der Waals surface area contributed by atoms with Gasteiger partial charge in [-0.25, -0.2) is 0 Å². The van der Waals surface area contributed by atoms with Gasteiger partial charge in [0.05, 0.1) is 0 Å². The van der Waals surface area contributed by atoms with Crippen molar-refractivity contribution in [1.29, 1.82) is 0 Å². The van der Waals surface area contributed by atoms with E-state index in [1.54, 1.807) is 0 Å². The van der Waals surface area contributed by atoms with Gasteiger partial charge >= 0.3 is 0 Å². The van der Waals surface area contributed by atoms with Crippen LogP contribution < -0.4 is 0 Å². The fraction of sp³-hybridized carbons (Fsp3) is 0.600. The number of rotatable bonds is 4. The summed E-state index contributed by atoms with van der Waals surface area (Å²) in [6.45, 7) is 8.91. The first-order chi connectivity index (χ1) is 7.09. The summed E-state index contributed by atoms with van der Waals surface area (Å²) < 4.78 is 0. The largest absolute Gasteiger partial charge is 0.0859 e. The van der Waals surface area contributed by atoms with E-state index >= 15 is 0 Å². The Hall–Kier alpha value is -0.780. The molecule has 0 radical (unpaired) electrons. The molecule has 0 saturated carbocycles. The van der Waals surface area contributed by atoms with E-state index < -0.39 is 0 Å². The highest BCUT2D eigenvalue weighted by Crippen LogP contribution is 2.26. The molecule has 2 atom stereocenters. The molecule has 15 heavy (non-hydrogen) atoms. The first-order valence-corrected chi connectivity index (χ1v) is 6.08. The Bertz CT molecular complexity index is 274. The Morgan fingerprint density at radius 1 is 1.53 bits per heavy atom. The van der Waals surface area contributed by atoms with Crippen LogP contribution in [0.2, 0.25) is 0 Å². The third-order valence-corrected chi connectivity index (χ3v) is 3.22. The van der Waals surface area contributed by atoms with E-state index in [1.165, 1.54) is 30.4 Å². The molecule has 0 heterocycles. The Morgan fingerprint density at radius 2 is 2.27 bits per heavy atom. The molecule has 0 aromatic heterocycles. The van der Waals surface area contributed by atoms with Gasteiger partial charge in [0.25, 0.3) is 0 Å². The maximum atomic E-state index is 2.39. The molecule has 0 aromatic rings. The van der Waals surface area contributed by atoms with Gasteiger partial charge in [0, 0.05) is 0 Å². The summed E-state index contributed by atoms with van der Waals surface area (Å²) >= 11 is 0. The van der Waals surface area contributed by atoms with Crippen molar-refractivity contribution >= 4 is 0 Å². The smallest absolute Gasteiger partial charge is 0.0170 e. The van der Waals surface area contributed by atoms with Crippen LogP contribution in [-0.4, -0.2) is 0 Å². The molecule has 1 aliphatic rings. The van der Waals surface area contributed by atoms with E-state index in [1.807, 2.05) is 0 Å². The van der Waals surface area contributed by atoms with Crippen LogP contribution in [0.15, 0.2) is 35.5 Å². The summed E-state index contributed by atoms with van der Waals surface area (Å²) in [6, 6.07) is 0. The minimum absolute atomic E-state index is 0.763. The van der Waals surface area contributed by atoms with Crippen molar-refractivity contribution in [2.45, 2.75) is 47.0 Å². The van der Waals surface area contributed by atoms with Gasteiger partial charge in [-0.15, -0.1) is 0 Å². The predicted octanol–water partition coefficient (Wildman–Crippen LogP) is 4.89. The van der Waals surface area contributed by atoms with Crippen molar-refractivity contribution in [3.63, 3.8) is 0 Å². The van der Waals surface area contributed by atoms with Gasteiger partial charge in [-0.05, 0) is 51.9 Å². The zero-order chi connectivity index (χ0) is 11.3. The molecule has 0 saturated heterocycles. The normalized spacial score (nSPS) is 22.1. The van der Waals surface area contributed by atoms with Crippen LogP contribution in [0.25, 0.3) is 0 Å². The lowest BCUT2D eigenvalue weighted by Crippen LogP contribution is -2.10. The molecule has 1 aliphatic carbocycles. The van der Waals surface area contributed by atoms with E-state index in [9.17, 15) is 0 Å². The average Bonchev–Trinajstić information content (AvgIpc) is 2.18. The second-order valence-corrected chi connectivity index (χ2v) is 5.04. The summed E-state index contributed by atoms with van der Waals surface area (Å²) in [7, 11) is 0. The summed E-state index contributed by atoms with van der Waals surface area (Å²) in [5, 5.41) is 0. The van der Waals surface area contributed by atoms with Crippen molar-refractivity contribution < 1.29 is 0 Å². The van der Waals surface area contributed by atoms with Crippen molar-refractivity contribution in [1.82, 2.24) is 0 Å². The number of hydrogen-bond acceptors (Lipinski definition) is 0. The highest BCUT2D eigenvalue weighted by molar-refractivity contribution is 5.21. The van der Waals surface area contributed by atoms with Crippen molar-refractivity contribution in [2.75, 3.05) is 0 Å². The van der Waals surface area contributed by atoms with Gasteiger partial charge in [0.2, 0.25) is 0 Å². The van der Waals surface area contributed by atoms with Crippen molar-refractivity contribution in [3.8, 4) is 0 Å². The quantitative estimate of drug-likeness (QED) is 0.572. The Balaban J connectivity index is 2.33. The van der Waals surface area contributed by atoms with Crippen molar-refractivity contribution in [3.05, 3.63) is 35.5 Å². The van der Waals surface area contributed by atoms with Crippen molar-refractivity contribution in [2.24, 2.45) is 11.8 Å². The fourth-order valence-electron chi connectivity index (χ4n) is 2.01. The minimum atomic E-state index is 0.763. The van der Waals surface area contributed by atoms with E-state index in [0.29, 0.717) is 0 Å². The van der Waals surface area contributed by atoms with Crippen LogP contribution in [0.1, 0.15) is 47.0 Å².